The van der Waals surface area contributed by atoms with Crippen LogP contribution in [0.2, 0.25) is 0 Å². The van der Waals surface area contributed by atoms with Gasteiger partial charge >= 0.3 is 0 Å². The summed E-state index contributed by atoms with van der Waals surface area (Å²) in [5, 5.41) is 0.323. The topological polar surface area (TPSA) is 37.4 Å². The van der Waals surface area contributed by atoms with E-state index in [4.69, 9.17) is 11.6 Å². The first kappa shape index (κ1) is 13.6. The molecule has 0 spiro atoms. The Morgan fingerprint density at radius 1 is 1.35 bits per heavy atom. The van der Waals surface area contributed by atoms with Gasteiger partial charge in [-0.3, -0.25) is 0 Å². The van der Waals surface area contributed by atoms with Crippen LogP contribution < -0.4 is 0 Å². The highest BCUT2D eigenvalue weighted by Gasteiger charge is 2.31. The molecule has 0 aromatic heterocycles. The highest BCUT2D eigenvalue weighted by Crippen LogP contribution is 2.38. The van der Waals surface area contributed by atoms with Crippen LogP contribution in [0.3, 0.4) is 0 Å². The maximum atomic E-state index is 11.5. The van der Waals surface area contributed by atoms with E-state index >= 15 is 0 Å². The summed E-state index contributed by atoms with van der Waals surface area (Å²) < 4.78 is 24.6. The van der Waals surface area contributed by atoms with E-state index < -0.39 is 10.0 Å². The van der Waals surface area contributed by atoms with E-state index in [9.17, 15) is 8.42 Å². The molecule has 2 aliphatic rings. The summed E-state index contributed by atoms with van der Waals surface area (Å²) in [5.41, 5.74) is 0. The summed E-state index contributed by atoms with van der Waals surface area (Å²) in [4.78, 5) is 0. The SMILES string of the molecule is CS(=O)(=O)N1CCCC(CCC(Cl)C2CC2)C1. The zero-order valence-corrected chi connectivity index (χ0v) is 12.0. The largest absolute Gasteiger partial charge is 0.213 e. The first-order valence-electron chi connectivity index (χ1n) is 6.56. The Hall–Kier alpha value is 0.200. The molecule has 2 fully saturated rings. The molecule has 1 saturated carbocycles. The van der Waals surface area contributed by atoms with Gasteiger partial charge in [0, 0.05) is 18.5 Å². The second kappa shape index (κ2) is 5.45. The summed E-state index contributed by atoms with van der Waals surface area (Å²) in [5.74, 6) is 1.25. The Kier molecular flexibility index (Phi) is 4.37. The van der Waals surface area contributed by atoms with Crippen molar-refractivity contribution in [3.05, 3.63) is 0 Å². The molecular weight excluding hydrogens is 258 g/mol. The van der Waals surface area contributed by atoms with E-state index in [2.05, 4.69) is 0 Å². The van der Waals surface area contributed by atoms with Crippen molar-refractivity contribution < 1.29 is 8.42 Å². The third-order valence-corrected chi connectivity index (χ3v) is 5.78. The van der Waals surface area contributed by atoms with Gasteiger partial charge in [0.1, 0.15) is 0 Å². The van der Waals surface area contributed by atoms with E-state index in [1.165, 1.54) is 19.1 Å². The second-order valence-corrected chi connectivity index (χ2v) is 8.10. The molecule has 0 bridgehead atoms. The first-order chi connectivity index (χ1) is 7.97. The number of sulfonamides is 1. The van der Waals surface area contributed by atoms with Crippen LogP contribution in [0.4, 0.5) is 0 Å². The fourth-order valence-corrected chi connectivity index (χ4v) is 3.97. The van der Waals surface area contributed by atoms with Crippen LogP contribution in [0, 0.1) is 11.8 Å². The van der Waals surface area contributed by atoms with Crippen molar-refractivity contribution in [2.75, 3.05) is 19.3 Å². The Bertz CT molecular complexity index is 354. The molecule has 0 N–H and O–H groups in total. The molecule has 2 unspecified atom stereocenters. The van der Waals surface area contributed by atoms with Crippen LogP contribution in [-0.4, -0.2) is 37.4 Å². The molecule has 1 heterocycles. The molecule has 100 valence electrons. The van der Waals surface area contributed by atoms with Gasteiger partial charge < -0.3 is 0 Å². The van der Waals surface area contributed by atoms with Gasteiger partial charge in [0.25, 0.3) is 0 Å². The quantitative estimate of drug-likeness (QED) is 0.725. The van der Waals surface area contributed by atoms with Crippen molar-refractivity contribution >= 4 is 21.6 Å². The molecule has 3 nitrogen and oxygen atoms in total. The molecule has 1 aliphatic carbocycles. The van der Waals surface area contributed by atoms with Crippen LogP contribution >= 0.6 is 11.6 Å². The normalized spacial score (nSPS) is 29.2. The van der Waals surface area contributed by atoms with Gasteiger partial charge in [-0.25, -0.2) is 12.7 Å². The van der Waals surface area contributed by atoms with Gasteiger partial charge in [0.15, 0.2) is 0 Å². The van der Waals surface area contributed by atoms with Gasteiger partial charge in [-0.2, -0.15) is 0 Å². The minimum atomic E-state index is -3.00. The summed E-state index contributed by atoms with van der Waals surface area (Å²) in [6, 6.07) is 0. The van der Waals surface area contributed by atoms with E-state index in [1.807, 2.05) is 0 Å². The summed E-state index contributed by atoms with van der Waals surface area (Å²) in [7, 11) is -3.00. The Balaban J connectivity index is 1.77. The highest BCUT2D eigenvalue weighted by molar-refractivity contribution is 7.88. The van der Waals surface area contributed by atoms with Crippen molar-refractivity contribution in [1.29, 1.82) is 0 Å². The predicted molar refractivity (Wildman–Crippen MR) is 70.7 cm³/mol. The standard InChI is InChI=1S/C12H22ClNO2S/c1-17(15,16)14-8-2-3-10(9-14)4-7-12(13)11-5-6-11/h10-12H,2-9H2,1H3. The van der Waals surface area contributed by atoms with E-state index in [0.29, 0.717) is 24.4 Å². The summed E-state index contributed by atoms with van der Waals surface area (Å²) >= 11 is 6.29. The van der Waals surface area contributed by atoms with Gasteiger partial charge in [-0.15, -0.1) is 11.6 Å². The number of hydrogen-bond donors (Lipinski definition) is 0. The lowest BCUT2D eigenvalue weighted by Gasteiger charge is -2.31. The number of rotatable bonds is 5. The molecule has 2 rings (SSSR count). The zero-order chi connectivity index (χ0) is 12.5. The molecule has 0 aromatic carbocycles. The first-order valence-corrected chi connectivity index (χ1v) is 8.84. The van der Waals surface area contributed by atoms with E-state index in [1.54, 1.807) is 4.31 Å². The summed E-state index contributed by atoms with van der Waals surface area (Å²) in [6.45, 7) is 1.40. The minimum absolute atomic E-state index is 0.323. The fraction of sp³-hybridized carbons (Fsp3) is 1.00. The number of halogens is 1. The van der Waals surface area contributed by atoms with Gasteiger partial charge in [0.2, 0.25) is 10.0 Å². The van der Waals surface area contributed by atoms with Gasteiger partial charge in [-0.05, 0) is 50.4 Å². The monoisotopic (exact) mass is 279 g/mol. The van der Waals surface area contributed by atoms with E-state index in [-0.39, 0.29) is 0 Å². The van der Waals surface area contributed by atoms with Crippen molar-refractivity contribution in [3.63, 3.8) is 0 Å². The molecule has 0 radical (unpaired) electrons. The predicted octanol–water partition coefficient (Wildman–Crippen LogP) is 2.46. The van der Waals surface area contributed by atoms with Crippen LogP contribution in [0.1, 0.15) is 38.5 Å². The molecule has 1 aliphatic heterocycles. The number of piperidine rings is 1. The molecule has 0 amide bonds. The van der Waals surface area contributed by atoms with Crippen LogP contribution in [-0.2, 0) is 10.0 Å². The molecular formula is C12H22ClNO2S. The van der Waals surface area contributed by atoms with Crippen LogP contribution in [0.15, 0.2) is 0 Å². The summed E-state index contributed by atoms with van der Waals surface area (Å²) in [6.07, 6.45) is 8.16. The second-order valence-electron chi connectivity index (χ2n) is 5.56. The Morgan fingerprint density at radius 3 is 2.65 bits per heavy atom. The number of nitrogens with zero attached hydrogens (tertiary/aromatic N) is 1. The Labute approximate surface area is 110 Å². The third-order valence-electron chi connectivity index (χ3n) is 3.93. The Morgan fingerprint density at radius 2 is 2.06 bits per heavy atom. The average molecular weight is 280 g/mol. The third kappa shape index (κ3) is 4.11. The number of alkyl halides is 1. The maximum absolute atomic E-state index is 11.5. The number of hydrogen-bond acceptors (Lipinski definition) is 2. The zero-order valence-electron chi connectivity index (χ0n) is 10.4. The molecule has 0 aromatic rings. The lowest BCUT2D eigenvalue weighted by molar-refractivity contribution is 0.252. The van der Waals surface area contributed by atoms with Crippen molar-refractivity contribution in [3.8, 4) is 0 Å². The lowest BCUT2D eigenvalue weighted by Crippen LogP contribution is -2.39. The van der Waals surface area contributed by atoms with Gasteiger partial charge in [-0.1, -0.05) is 0 Å². The van der Waals surface area contributed by atoms with Crippen molar-refractivity contribution in [2.24, 2.45) is 11.8 Å². The smallest absolute Gasteiger partial charge is 0.211 e. The van der Waals surface area contributed by atoms with Crippen LogP contribution in [0.25, 0.3) is 0 Å². The highest BCUT2D eigenvalue weighted by atomic mass is 35.5. The van der Waals surface area contributed by atoms with Crippen molar-refractivity contribution in [2.45, 2.75) is 43.9 Å². The lowest BCUT2D eigenvalue weighted by atomic mass is 9.93. The minimum Gasteiger partial charge on any atom is -0.213 e. The van der Waals surface area contributed by atoms with Crippen molar-refractivity contribution in [1.82, 2.24) is 4.31 Å². The average Bonchev–Trinajstić information content (AvgIpc) is 3.09. The molecule has 5 heteroatoms. The van der Waals surface area contributed by atoms with Gasteiger partial charge in [0.05, 0.1) is 6.26 Å². The van der Waals surface area contributed by atoms with Crippen LogP contribution in [0.5, 0.6) is 0 Å². The molecule has 17 heavy (non-hydrogen) atoms. The fourth-order valence-electron chi connectivity index (χ4n) is 2.65. The molecule has 2 atom stereocenters. The molecule has 1 saturated heterocycles. The maximum Gasteiger partial charge on any atom is 0.211 e. The van der Waals surface area contributed by atoms with E-state index in [0.717, 1.165) is 31.6 Å².